The molecule has 1 aliphatic rings. The summed E-state index contributed by atoms with van der Waals surface area (Å²) in [4.78, 5) is 31.1. The van der Waals surface area contributed by atoms with E-state index in [0.29, 0.717) is 39.9 Å². The van der Waals surface area contributed by atoms with E-state index in [1.165, 1.54) is 0 Å². The number of pyridine rings is 1. The lowest BCUT2D eigenvalue weighted by Gasteiger charge is -2.36. The van der Waals surface area contributed by atoms with E-state index in [9.17, 15) is 9.59 Å². The van der Waals surface area contributed by atoms with Gasteiger partial charge in [-0.3, -0.25) is 0 Å². The second-order valence-electron chi connectivity index (χ2n) is 8.98. The van der Waals surface area contributed by atoms with Gasteiger partial charge in [-0.25, -0.2) is 14.6 Å². The van der Waals surface area contributed by atoms with Gasteiger partial charge in [-0.15, -0.1) is 11.3 Å². The molecule has 0 aliphatic heterocycles. The first-order valence-corrected chi connectivity index (χ1v) is 12.1. The van der Waals surface area contributed by atoms with Crippen LogP contribution in [0.3, 0.4) is 0 Å². The molecule has 0 amide bonds. The third kappa shape index (κ3) is 5.01. The van der Waals surface area contributed by atoms with Crippen LogP contribution in [0, 0.1) is 17.8 Å². The van der Waals surface area contributed by atoms with E-state index in [0.717, 1.165) is 24.1 Å². The van der Waals surface area contributed by atoms with Crippen LogP contribution in [-0.2, 0) is 14.3 Å². The largest absolute Gasteiger partial charge is 0.460 e. The smallest absolute Gasteiger partial charge is 0.344 e. The van der Waals surface area contributed by atoms with Gasteiger partial charge >= 0.3 is 11.9 Å². The number of hydrogen-bond acceptors (Lipinski definition) is 6. The number of fused-ring (bicyclic) bond motifs is 1. The molecule has 1 saturated carbocycles. The maximum Gasteiger partial charge on any atom is 0.344 e. The molecule has 2 heterocycles. The summed E-state index contributed by atoms with van der Waals surface area (Å²) in [6.45, 7) is 6.14. The van der Waals surface area contributed by atoms with Crippen LogP contribution in [-0.4, -0.2) is 29.6 Å². The summed E-state index contributed by atoms with van der Waals surface area (Å²) >= 11 is 1.56. The molecule has 32 heavy (non-hydrogen) atoms. The summed E-state index contributed by atoms with van der Waals surface area (Å²) in [6, 6.07) is 13.1. The number of carbonyl (C=O) groups excluding carboxylic acids is 2. The van der Waals surface area contributed by atoms with Crippen LogP contribution in [0.15, 0.2) is 47.8 Å². The average molecular weight is 452 g/mol. The molecule has 0 radical (unpaired) electrons. The Morgan fingerprint density at radius 1 is 1.16 bits per heavy atom. The second-order valence-corrected chi connectivity index (χ2v) is 9.93. The molecule has 3 atom stereocenters. The van der Waals surface area contributed by atoms with E-state index >= 15 is 0 Å². The van der Waals surface area contributed by atoms with Crippen LogP contribution < -0.4 is 0 Å². The van der Waals surface area contributed by atoms with Crippen molar-refractivity contribution in [2.24, 2.45) is 17.8 Å². The number of para-hydroxylation sites is 1. The number of rotatable bonds is 6. The summed E-state index contributed by atoms with van der Waals surface area (Å²) in [6.07, 6.45) is 2.97. The Hall–Kier alpha value is -2.73. The molecule has 0 saturated heterocycles. The Morgan fingerprint density at radius 3 is 2.72 bits per heavy atom. The van der Waals surface area contributed by atoms with E-state index in [2.05, 4.69) is 25.8 Å². The molecule has 0 N–H and O–H groups in total. The van der Waals surface area contributed by atoms with Crippen LogP contribution in [0.25, 0.3) is 21.5 Å². The van der Waals surface area contributed by atoms with Gasteiger partial charge in [-0.05, 0) is 54.2 Å². The van der Waals surface area contributed by atoms with Gasteiger partial charge in [0.2, 0.25) is 0 Å². The zero-order chi connectivity index (χ0) is 22.7. The molecule has 168 valence electrons. The fourth-order valence-electron chi connectivity index (χ4n) is 4.55. The van der Waals surface area contributed by atoms with Crippen molar-refractivity contribution in [1.82, 2.24) is 4.98 Å². The highest BCUT2D eigenvalue weighted by Gasteiger charge is 2.33. The quantitative estimate of drug-likeness (QED) is 0.422. The first kappa shape index (κ1) is 22.5. The standard InChI is InChI=1S/C26H29NO4S/c1-16(2)18-11-10-17(3)13-23(18)31-25(28)15-30-26(29)20-14-22(24-9-6-12-32-24)27-21-8-5-4-7-19(20)21/h4-9,12,14,16-18,23H,10-11,13,15H2,1-3H3/t17-,18+,23+/m1/s1. The first-order valence-electron chi connectivity index (χ1n) is 11.2. The summed E-state index contributed by atoms with van der Waals surface area (Å²) < 4.78 is 11.2. The Bertz CT molecular complexity index is 1090. The van der Waals surface area contributed by atoms with Gasteiger partial charge in [0, 0.05) is 5.39 Å². The van der Waals surface area contributed by atoms with Gasteiger partial charge in [-0.2, -0.15) is 0 Å². The van der Waals surface area contributed by atoms with E-state index in [4.69, 9.17) is 9.47 Å². The number of carbonyl (C=O) groups is 2. The zero-order valence-corrected chi connectivity index (χ0v) is 19.6. The van der Waals surface area contributed by atoms with E-state index < -0.39 is 11.9 Å². The topological polar surface area (TPSA) is 65.5 Å². The van der Waals surface area contributed by atoms with Crippen molar-refractivity contribution in [3.8, 4) is 10.6 Å². The number of thiophene rings is 1. The third-order valence-electron chi connectivity index (χ3n) is 6.27. The number of benzene rings is 1. The van der Waals surface area contributed by atoms with Crippen LogP contribution in [0.2, 0.25) is 0 Å². The maximum absolute atomic E-state index is 12.9. The lowest BCUT2D eigenvalue weighted by molar-refractivity contribution is -0.159. The van der Waals surface area contributed by atoms with Gasteiger partial charge < -0.3 is 9.47 Å². The van der Waals surface area contributed by atoms with Gasteiger partial charge in [0.25, 0.3) is 0 Å². The van der Waals surface area contributed by atoms with Crippen LogP contribution >= 0.6 is 11.3 Å². The molecule has 6 heteroatoms. The maximum atomic E-state index is 12.9. The molecule has 1 aliphatic carbocycles. The van der Waals surface area contributed by atoms with E-state index in [-0.39, 0.29) is 12.7 Å². The van der Waals surface area contributed by atoms with Crippen molar-refractivity contribution < 1.29 is 19.1 Å². The fourth-order valence-corrected chi connectivity index (χ4v) is 5.24. The second kappa shape index (κ2) is 9.82. The fraction of sp³-hybridized carbons (Fsp3) is 0.423. The molecule has 5 nitrogen and oxygen atoms in total. The highest BCUT2D eigenvalue weighted by molar-refractivity contribution is 7.13. The van der Waals surface area contributed by atoms with Gasteiger partial charge in [0.1, 0.15) is 6.10 Å². The average Bonchev–Trinajstić information content (AvgIpc) is 3.31. The molecule has 1 aromatic carbocycles. The molecule has 0 bridgehead atoms. The molecule has 0 spiro atoms. The van der Waals surface area contributed by atoms with Gasteiger partial charge in [0.15, 0.2) is 6.61 Å². The van der Waals surface area contributed by atoms with Gasteiger partial charge in [-0.1, -0.05) is 51.5 Å². The predicted molar refractivity (Wildman–Crippen MR) is 127 cm³/mol. The normalized spacial score (nSPS) is 20.9. The molecule has 2 aromatic heterocycles. The highest BCUT2D eigenvalue weighted by Crippen LogP contribution is 2.35. The predicted octanol–water partition coefficient (Wildman–Crippen LogP) is 6.12. The number of nitrogens with zero attached hydrogens (tertiary/aromatic N) is 1. The van der Waals surface area contributed by atoms with Crippen molar-refractivity contribution in [2.75, 3.05) is 6.61 Å². The molecular formula is C26H29NO4S. The summed E-state index contributed by atoms with van der Waals surface area (Å²) in [5.41, 5.74) is 1.83. The van der Waals surface area contributed by atoms with Crippen LogP contribution in [0.5, 0.6) is 0 Å². The number of aromatic nitrogens is 1. The summed E-state index contributed by atoms with van der Waals surface area (Å²) in [7, 11) is 0. The lowest BCUT2D eigenvalue weighted by Crippen LogP contribution is -2.36. The van der Waals surface area contributed by atoms with E-state index in [1.54, 1.807) is 17.4 Å². The number of esters is 2. The molecule has 0 unspecified atom stereocenters. The van der Waals surface area contributed by atoms with Crippen LogP contribution in [0.1, 0.15) is 50.4 Å². The Labute approximate surface area is 192 Å². The third-order valence-corrected chi connectivity index (χ3v) is 7.17. The minimum absolute atomic E-state index is 0.114. The van der Waals surface area contributed by atoms with Crippen molar-refractivity contribution in [3.63, 3.8) is 0 Å². The molecular weight excluding hydrogens is 422 g/mol. The molecule has 1 fully saturated rings. The van der Waals surface area contributed by atoms with Crippen molar-refractivity contribution in [3.05, 3.63) is 53.4 Å². The first-order chi connectivity index (χ1) is 15.4. The summed E-state index contributed by atoms with van der Waals surface area (Å²) in [5.74, 6) is 0.296. The Balaban J connectivity index is 1.47. The highest BCUT2D eigenvalue weighted by atomic mass is 32.1. The zero-order valence-electron chi connectivity index (χ0n) is 18.7. The minimum Gasteiger partial charge on any atom is -0.460 e. The SMILES string of the molecule is CC(C)[C@@H]1CC[C@@H](C)C[C@@H]1OC(=O)COC(=O)c1cc(-c2cccs2)nc2ccccc12. The Morgan fingerprint density at radius 2 is 1.97 bits per heavy atom. The number of ether oxygens (including phenoxy) is 2. The van der Waals surface area contributed by atoms with Gasteiger partial charge in [0.05, 0.1) is 21.7 Å². The number of hydrogen-bond donors (Lipinski definition) is 0. The monoisotopic (exact) mass is 451 g/mol. The van der Waals surface area contributed by atoms with Crippen molar-refractivity contribution >= 4 is 34.2 Å². The van der Waals surface area contributed by atoms with Crippen molar-refractivity contribution in [2.45, 2.75) is 46.1 Å². The Kier molecular flexibility index (Phi) is 6.89. The van der Waals surface area contributed by atoms with E-state index in [1.807, 2.05) is 41.8 Å². The molecule has 3 aromatic rings. The molecule has 4 rings (SSSR count). The summed E-state index contributed by atoms with van der Waals surface area (Å²) in [5, 5.41) is 2.67. The lowest BCUT2D eigenvalue weighted by atomic mass is 9.75. The van der Waals surface area contributed by atoms with Crippen molar-refractivity contribution in [1.29, 1.82) is 0 Å². The minimum atomic E-state index is -0.546. The van der Waals surface area contributed by atoms with Crippen LogP contribution in [0.4, 0.5) is 0 Å².